The van der Waals surface area contributed by atoms with Crippen molar-refractivity contribution in [2.75, 3.05) is 5.32 Å². The number of thiophene rings is 1. The van der Waals surface area contributed by atoms with E-state index in [-0.39, 0.29) is 12.1 Å². The number of fused-ring (bicyclic) bond motifs is 5. The molecule has 0 unspecified atom stereocenters. The molecule has 1 aliphatic heterocycles. The van der Waals surface area contributed by atoms with E-state index in [1.165, 1.54) is 39.4 Å². The van der Waals surface area contributed by atoms with Crippen LogP contribution in [0.25, 0.3) is 5.00 Å². The third kappa shape index (κ3) is 3.57. The number of aromatic nitrogens is 1. The first-order valence-corrected chi connectivity index (χ1v) is 12.5. The first-order valence-electron chi connectivity index (χ1n) is 11.7. The van der Waals surface area contributed by atoms with Gasteiger partial charge in [-0.1, -0.05) is 48.0 Å². The summed E-state index contributed by atoms with van der Waals surface area (Å²) in [6, 6.07) is 22.5. The molecule has 5 heteroatoms. The van der Waals surface area contributed by atoms with Gasteiger partial charge in [0.2, 0.25) is 0 Å². The summed E-state index contributed by atoms with van der Waals surface area (Å²) < 4.78 is 2.33. The molecule has 6 rings (SSSR count). The standard InChI is InChI=1S/C28H27N3OS/c1-19-13-15-21(16-14-19)29-28(32)31-18-23-22-10-5-6-12-25(22)33-27(23)30-17-7-11-24(30)26(31)20-8-3-2-4-9-20/h2-4,7-9,11,13-17,26H,5-6,10,12,18H2,1H3,(H,29,32)/t26-/m0/s1. The van der Waals surface area contributed by atoms with E-state index in [9.17, 15) is 4.79 Å². The average molecular weight is 454 g/mol. The zero-order chi connectivity index (χ0) is 22.4. The second-order valence-corrected chi connectivity index (χ2v) is 10.1. The van der Waals surface area contributed by atoms with Crippen LogP contribution in [-0.2, 0) is 19.4 Å². The minimum Gasteiger partial charge on any atom is -0.310 e. The highest BCUT2D eigenvalue weighted by molar-refractivity contribution is 7.15. The monoisotopic (exact) mass is 453 g/mol. The smallest absolute Gasteiger partial charge is 0.310 e. The number of hydrogen-bond acceptors (Lipinski definition) is 2. The molecular weight excluding hydrogens is 426 g/mol. The molecule has 2 amide bonds. The predicted octanol–water partition coefficient (Wildman–Crippen LogP) is 6.86. The summed E-state index contributed by atoms with van der Waals surface area (Å²) in [4.78, 5) is 17.4. The van der Waals surface area contributed by atoms with Gasteiger partial charge in [-0.3, -0.25) is 0 Å². The maximum atomic E-state index is 13.8. The molecule has 0 radical (unpaired) electrons. The lowest BCUT2D eigenvalue weighted by atomic mass is 9.95. The van der Waals surface area contributed by atoms with Crippen molar-refractivity contribution in [3.63, 3.8) is 0 Å². The molecule has 0 saturated heterocycles. The fraction of sp³-hybridized carbons (Fsp3) is 0.250. The molecule has 4 nitrogen and oxygen atoms in total. The second kappa shape index (κ2) is 8.23. The zero-order valence-electron chi connectivity index (χ0n) is 18.8. The van der Waals surface area contributed by atoms with Crippen molar-refractivity contribution < 1.29 is 4.79 Å². The number of benzene rings is 2. The molecule has 1 N–H and O–H groups in total. The molecular formula is C28H27N3OS. The molecule has 0 saturated carbocycles. The van der Waals surface area contributed by atoms with Gasteiger partial charge < -0.3 is 14.8 Å². The SMILES string of the molecule is Cc1ccc(NC(=O)N2Cc3c(sc4c3CCCC4)-n3cccc3[C@@H]2c2ccccc2)cc1. The highest BCUT2D eigenvalue weighted by Gasteiger charge is 2.36. The lowest BCUT2D eigenvalue weighted by molar-refractivity contribution is 0.194. The summed E-state index contributed by atoms with van der Waals surface area (Å²) in [5.41, 5.74) is 7.06. The van der Waals surface area contributed by atoms with Gasteiger partial charge in [0.1, 0.15) is 5.00 Å². The largest absolute Gasteiger partial charge is 0.322 e. The lowest BCUT2D eigenvalue weighted by Gasteiger charge is -2.31. The molecule has 0 spiro atoms. The number of nitrogens with zero attached hydrogens (tertiary/aromatic N) is 2. The number of amides is 2. The number of rotatable bonds is 2. The fourth-order valence-corrected chi connectivity index (χ4v) is 6.61. The number of anilines is 1. The number of aryl methyl sites for hydroxylation is 2. The van der Waals surface area contributed by atoms with Crippen LogP contribution < -0.4 is 5.32 Å². The first-order chi connectivity index (χ1) is 16.2. The van der Waals surface area contributed by atoms with Crippen molar-refractivity contribution in [3.05, 3.63) is 106 Å². The van der Waals surface area contributed by atoms with Crippen LogP contribution in [0.5, 0.6) is 0 Å². The van der Waals surface area contributed by atoms with Crippen molar-refractivity contribution >= 4 is 23.1 Å². The Kier molecular flexibility index (Phi) is 5.07. The Balaban J connectivity index is 1.49. The molecule has 1 aliphatic carbocycles. The van der Waals surface area contributed by atoms with Gasteiger partial charge in [0, 0.05) is 22.3 Å². The average Bonchev–Trinajstić information content (AvgIpc) is 3.43. The third-order valence-electron chi connectivity index (χ3n) is 6.86. The Morgan fingerprint density at radius 1 is 0.939 bits per heavy atom. The number of nitrogens with one attached hydrogen (secondary N) is 1. The van der Waals surface area contributed by atoms with Crippen molar-refractivity contribution in [2.45, 2.75) is 45.2 Å². The van der Waals surface area contributed by atoms with E-state index in [0.29, 0.717) is 6.54 Å². The molecule has 2 aromatic carbocycles. The van der Waals surface area contributed by atoms with Gasteiger partial charge in [-0.2, -0.15) is 0 Å². The molecule has 166 valence electrons. The quantitative estimate of drug-likeness (QED) is 0.354. The van der Waals surface area contributed by atoms with E-state index >= 15 is 0 Å². The number of hydrogen-bond donors (Lipinski definition) is 1. The number of carbonyl (C=O) groups is 1. The Bertz CT molecular complexity index is 1300. The Labute approximate surface area is 198 Å². The van der Waals surface area contributed by atoms with Crippen LogP contribution in [0.1, 0.15) is 51.7 Å². The van der Waals surface area contributed by atoms with Crippen molar-refractivity contribution in [1.29, 1.82) is 0 Å². The highest BCUT2D eigenvalue weighted by Crippen LogP contribution is 2.44. The first kappa shape index (κ1) is 20.3. The highest BCUT2D eigenvalue weighted by atomic mass is 32.1. The van der Waals surface area contributed by atoms with E-state index in [1.54, 1.807) is 0 Å². The van der Waals surface area contributed by atoms with Crippen LogP contribution in [0.2, 0.25) is 0 Å². The maximum Gasteiger partial charge on any atom is 0.322 e. The van der Waals surface area contributed by atoms with Gasteiger partial charge in [0.25, 0.3) is 0 Å². The normalized spacial score (nSPS) is 17.0. The predicted molar refractivity (Wildman–Crippen MR) is 134 cm³/mol. The van der Waals surface area contributed by atoms with Gasteiger partial charge >= 0.3 is 6.03 Å². The Hall–Kier alpha value is -3.31. The van der Waals surface area contributed by atoms with Gasteiger partial charge in [0.05, 0.1) is 18.3 Å². The molecule has 0 fully saturated rings. The summed E-state index contributed by atoms with van der Waals surface area (Å²) in [7, 11) is 0. The molecule has 2 aliphatic rings. The molecule has 4 aromatic rings. The second-order valence-electron chi connectivity index (χ2n) is 9.03. The summed E-state index contributed by atoms with van der Waals surface area (Å²) in [6.45, 7) is 2.67. The summed E-state index contributed by atoms with van der Waals surface area (Å²) >= 11 is 1.92. The number of carbonyl (C=O) groups excluding carboxylic acids is 1. The van der Waals surface area contributed by atoms with E-state index in [1.807, 2.05) is 46.6 Å². The Morgan fingerprint density at radius 2 is 1.73 bits per heavy atom. The van der Waals surface area contributed by atoms with Gasteiger partial charge in [0.15, 0.2) is 0 Å². The van der Waals surface area contributed by atoms with Crippen molar-refractivity contribution in [3.8, 4) is 5.00 Å². The van der Waals surface area contributed by atoms with Gasteiger partial charge in [-0.05, 0) is 68.0 Å². The molecule has 0 bridgehead atoms. The van der Waals surface area contributed by atoms with Crippen LogP contribution in [0.15, 0.2) is 72.9 Å². The van der Waals surface area contributed by atoms with E-state index in [2.05, 4.69) is 59.4 Å². The molecule has 3 heterocycles. The third-order valence-corrected chi connectivity index (χ3v) is 8.19. The lowest BCUT2D eigenvalue weighted by Crippen LogP contribution is -2.38. The summed E-state index contributed by atoms with van der Waals surface area (Å²) in [5, 5.41) is 4.46. The Morgan fingerprint density at radius 3 is 2.55 bits per heavy atom. The van der Waals surface area contributed by atoms with E-state index in [0.717, 1.165) is 29.8 Å². The zero-order valence-corrected chi connectivity index (χ0v) is 19.6. The minimum atomic E-state index is -0.162. The minimum absolute atomic E-state index is 0.0657. The van der Waals surface area contributed by atoms with Crippen molar-refractivity contribution in [2.24, 2.45) is 0 Å². The van der Waals surface area contributed by atoms with E-state index < -0.39 is 0 Å². The fourth-order valence-electron chi connectivity index (χ4n) is 5.20. The summed E-state index contributed by atoms with van der Waals surface area (Å²) in [5.74, 6) is 0. The topological polar surface area (TPSA) is 37.3 Å². The summed E-state index contributed by atoms with van der Waals surface area (Å²) in [6.07, 6.45) is 6.91. The van der Waals surface area contributed by atoms with Crippen LogP contribution in [0, 0.1) is 6.92 Å². The number of urea groups is 1. The molecule has 33 heavy (non-hydrogen) atoms. The van der Waals surface area contributed by atoms with Crippen LogP contribution in [0.4, 0.5) is 10.5 Å². The molecule has 1 atom stereocenters. The van der Waals surface area contributed by atoms with Gasteiger partial charge in [-0.15, -0.1) is 11.3 Å². The maximum absolute atomic E-state index is 13.8. The van der Waals surface area contributed by atoms with Crippen LogP contribution in [-0.4, -0.2) is 15.5 Å². The van der Waals surface area contributed by atoms with Crippen LogP contribution in [0.3, 0.4) is 0 Å². The van der Waals surface area contributed by atoms with Crippen molar-refractivity contribution in [1.82, 2.24) is 9.47 Å². The van der Waals surface area contributed by atoms with Crippen LogP contribution >= 0.6 is 11.3 Å². The molecule has 2 aromatic heterocycles. The van der Waals surface area contributed by atoms with E-state index in [4.69, 9.17) is 0 Å². The van der Waals surface area contributed by atoms with Gasteiger partial charge in [-0.25, -0.2) is 4.79 Å².